The number of amides is 1. The van der Waals surface area contributed by atoms with Gasteiger partial charge in [-0.15, -0.1) is 0 Å². The summed E-state index contributed by atoms with van der Waals surface area (Å²) in [6.07, 6.45) is 3.27. The van der Waals surface area contributed by atoms with Gasteiger partial charge in [-0.05, 0) is 48.4 Å². The van der Waals surface area contributed by atoms with Crippen LogP contribution in [0.1, 0.15) is 18.4 Å². The third-order valence-corrected chi connectivity index (χ3v) is 5.02. The maximum atomic E-state index is 13.9. The van der Waals surface area contributed by atoms with Crippen molar-refractivity contribution in [2.24, 2.45) is 0 Å². The predicted molar refractivity (Wildman–Crippen MR) is 115 cm³/mol. The monoisotopic (exact) mass is 417 g/mol. The molecule has 4 rings (SSSR count). The highest BCUT2D eigenvalue weighted by atomic mass is 19.1. The van der Waals surface area contributed by atoms with Crippen LogP contribution < -0.4 is 10.1 Å². The van der Waals surface area contributed by atoms with Crippen LogP contribution in [0.4, 0.5) is 10.3 Å². The van der Waals surface area contributed by atoms with Crippen molar-refractivity contribution in [3.63, 3.8) is 0 Å². The third kappa shape index (κ3) is 4.16. The van der Waals surface area contributed by atoms with Crippen molar-refractivity contribution in [2.45, 2.75) is 12.8 Å². The Morgan fingerprint density at radius 1 is 1.06 bits per heavy atom. The zero-order valence-electron chi connectivity index (χ0n) is 17.0. The van der Waals surface area contributed by atoms with E-state index < -0.39 is 11.7 Å². The Hall–Kier alpha value is -4.00. The molecule has 0 bridgehead atoms. The summed E-state index contributed by atoms with van der Waals surface area (Å²) < 4.78 is 24.5. The molecule has 6 nitrogen and oxygen atoms in total. The molecule has 7 heteroatoms. The molecule has 2 aromatic heterocycles. The number of hydrogen-bond acceptors (Lipinski definition) is 5. The number of methoxy groups -OCH3 is 1. The molecule has 0 saturated carbocycles. The Labute approximate surface area is 178 Å². The van der Waals surface area contributed by atoms with Gasteiger partial charge in [-0.25, -0.2) is 4.39 Å². The summed E-state index contributed by atoms with van der Waals surface area (Å²) in [5.41, 5.74) is 3.24. The molecule has 31 heavy (non-hydrogen) atoms. The highest BCUT2D eigenvalue weighted by molar-refractivity contribution is 5.99. The first-order chi connectivity index (χ1) is 15.1. The smallest absolute Gasteiger partial charge is 0.239 e. The van der Waals surface area contributed by atoms with Crippen LogP contribution in [0.25, 0.3) is 22.4 Å². The largest absolute Gasteiger partial charge is 0.494 e. The zero-order valence-corrected chi connectivity index (χ0v) is 17.0. The fourth-order valence-electron chi connectivity index (χ4n) is 3.28. The second-order valence-electron chi connectivity index (χ2n) is 6.94. The Balaban J connectivity index is 1.75. The summed E-state index contributed by atoms with van der Waals surface area (Å²) >= 11 is 0. The van der Waals surface area contributed by atoms with E-state index in [1.54, 1.807) is 30.6 Å². The van der Waals surface area contributed by atoms with E-state index in [9.17, 15) is 9.18 Å². The number of nitrogens with zero attached hydrogens (tertiary/aromatic N) is 2. The molecule has 0 aliphatic carbocycles. The number of aromatic nitrogens is 2. The summed E-state index contributed by atoms with van der Waals surface area (Å²) in [5, 5.41) is 7.01. The molecule has 0 fully saturated rings. The number of halogens is 1. The van der Waals surface area contributed by atoms with Gasteiger partial charge in [0, 0.05) is 18.0 Å². The first-order valence-corrected chi connectivity index (χ1v) is 9.68. The molecular weight excluding hydrogens is 397 g/mol. The van der Waals surface area contributed by atoms with Crippen molar-refractivity contribution in [2.75, 3.05) is 12.4 Å². The van der Waals surface area contributed by atoms with Crippen LogP contribution in [0.3, 0.4) is 0 Å². The summed E-state index contributed by atoms with van der Waals surface area (Å²) in [6, 6.07) is 17.4. The molecule has 1 N–H and O–H groups in total. The van der Waals surface area contributed by atoms with Crippen LogP contribution in [-0.4, -0.2) is 23.2 Å². The normalized spacial score (nSPS) is 11.7. The number of nitrogens with one attached hydrogen (secondary N) is 1. The molecule has 0 saturated heterocycles. The average molecular weight is 417 g/mol. The first-order valence-electron chi connectivity index (χ1n) is 9.68. The maximum Gasteiger partial charge on any atom is 0.239 e. The van der Waals surface area contributed by atoms with Crippen LogP contribution in [0.15, 0.2) is 77.6 Å². The second kappa shape index (κ2) is 8.79. The van der Waals surface area contributed by atoms with Gasteiger partial charge < -0.3 is 9.26 Å². The molecule has 0 spiro atoms. The van der Waals surface area contributed by atoms with Gasteiger partial charge in [0.15, 0.2) is 11.6 Å². The lowest BCUT2D eigenvalue weighted by Crippen LogP contribution is -2.18. The molecule has 1 unspecified atom stereocenters. The summed E-state index contributed by atoms with van der Waals surface area (Å²) in [7, 11) is 1.39. The number of anilines is 1. The van der Waals surface area contributed by atoms with Crippen molar-refractivity contribution < 1.29 is 18.4 Å². The van der Waals surface area contributed by atoms with Gasteiger partial charge in [-0.1, -0.05) is 35.5 Å². The van der Waals surface area contributed by atoms with E-state index in [1.165, 1.54) is 19.2 Å². The van der Waals surface area contributed by atoms with Crippen LogP contribution >= 0.6 is 0 Å². The van der Waals surface area contributed by atoms with Crippen LogP contribution in [0.5, 0.6) is 5.75 Å². The lowest BCUT2D eigenvalue weighted by atomic mass is 9.99. The Bertz CT molecular complexity index is 1190. The molecule has 0 aliphatic heterocycles. The minimum absolute atomic E-state index is 0.0875. The summed E-state index contributed by atoms with van der Waals surface area (Å²) in [6.45, 7) is 1.82. The van der Waals surface area contributed by atoms with Gasteiger partial charge in [0.25, 0.3) is 0 Å². The first kappa shape index (κ1) is 20.3. The van der Waals surface area contributed by atoms with Crippen LogP contribution in [-0.2, 0) is 4.79 Å². The van der Waals surface area contributed by atoms with E-state index in [4.69, 9.17) is 9.26 Å². The summed E-state index contributed by atoms with van der Waals surface area (Å²) in [4.78, 5) is 17.0. The fraction of sp³-hybridized carbons (Fsp3) is 0.125. The van der Waals surface area contributed by atoms with E-state index in [1.807, 2.05) is 37.3 Å². The standard InChI is InChI=1S/C24H20FN3O3/c1-15(16-6-4-3-5-7-16)23(29)27-24-21(17-10-12-26-13-11-17)22(28-31-24)18-8-9-19(25)20(14-18)30-2/h3-15H,1-2H3,(H,27,29). The molecule has 1 amide bonds. The third-order valence-electron chi connectivity index (χ3n) is 5.02. The number of rotatable bonds is 6. The van der Waals surface area contributed by atoms with Crippen molar-refractivity contribution in [1.82, 2.24) is 10.1 Å². The Kier molecular flexibility index (Phi) is 5.75. The molecular formula is C24H20FN3O3. The number of ether oxygens (including phenoxy) is 1. The minimum Gasteiger partial charge on any atom is -0.494 e. The average Bonchev–Trinajstić information content (AvgIpc) is 3.23. The van der Waals surface area contributed by atoms with Gasteiger partial charge in [0.05, 0.1) is 18.6 Å². The lowest BCUT2D eigenvalue weighted by molar-refractivity contribution is -0.117. The highest BCUT2D eigenvalue weighted by Gasteiger charge is 2.24. The molecule has 156 valence electrons. The maximum absolute atomic E-state index is 13.9. The highest BCUT2D eigenvalue weighted by Crippen LogP contribution is 2.39. The minimum atomic E-state index is -0.481. The van der Waals surface area contributed by atoms with E-state index in [0.717, 1.165) is 11.1 Å². The number of benzene rings is 2. The Morgan fingerprint density at radius 3 is 2.52 bits per heavy atom. The van der Waals surface area contributed by atoms with Gasteiger partial charge >= 0.3 is 0 Å². The molecule has 2 aromatic carbocycles. The lowest BCUT2D eigenvalue weighted by Gasteiger charge is -2.12. The van der Waals surface area contributed by atoms with E-state index in [-0.39, 0.29) is 17.5 Å². The van der Waals surface area contributed by atoms with Crippen molar-refractivity contribution in [3.8, 4) is 28.1 Å². The topological polar surface area (TPSA) is 77.3 Å². The van der Waals surface area contributed by atoms with Crippen LogP contribution in [0.2, 0.25) is 0 Å². The van der Waals surface area contributed by atoms with Crippen molar-refractivity contribution in [3.05, 3.63) is 84.4 Å². The number of hydrogen-bond donors (Lipinski definition) is 1. The Morgan fingerprint density at radius 2 is 1.81 bits per heavy atom. The van der Waals surface area contributed by atoms with E-state index in [2.05, 4.69) is 15.5 Å². The van der Waals surface area contributed by atoms with Crippen molar-refractivity contribution >= 4 is 11.8 Å². The fourth-order valence-corrected chi connectivity index (χ4v) is 3.28. The van der Waals surface area contributed by atoms with Gasteiger partial charge in [0.2, 0.25) is 11.8 Å². The SMILES string of the molecule is COc1cc(-c2noc(NC(=O)C(C)c3ccccc3)c2-c2ccncc2)ccc1F. The molecule has 0 aliphatic rings. The quantitative estimate of drug-likeness (QED) is 0.461. The number of carbonyl (C=O) groups is 1. The number of carbonyl (C=O) groups excluding carboxylic acids is 1. The van der Waals surface area contributed by atoms with Gasteiger partial charge in [0.1, 0.15) is 5.69 Å². The number of pyridine rings is 1. The molecule has 1 atom stereocenters. The molecule has 0 radical (unpaired) electrons. The van der Waals surface area contributed by atoms with Crippen LogP contribution in [0, 0.1) is 5.82 Å². The van der Waals surface area contributed by atoms with E-state index >= 15 is 0 Å². The van der Waals surface area contributed by atoms with Crippen molar-refractivity contribution in [1.29, 1.82) is 0 Å². The summed E-state index contributed by atoms with van der Waals surface area (Å²) in [5.74, 6) is -0.820. The molecule has 4 aromatic rings. The predicted octanol–water partition coefficient (Wildman–Crippen LogP) is 5.29. The van der Waals surface area contributed by atoms with Gasteiger partial charge in [-0.3, -0.25) is 15.1 Å². The van der Waals surface area contributed by atoms with E-state index in [0.29, 0.717) is 16.8 Å². The zero-order chi connectivity index (χ0) is 21.8. The second-order valence-corrected chi connectivity index (χ2v) is 6.94. The van der Waals surface area contributed by atoms with Gasteiger partial charge in [-0.2, -0.15) is 0 Å². The molecule has 2 heterocycles.